The molecule has 1 aromatic rings. The van der Waals surface area contributed by atoms with Crippen LogP contribution in [-0.2, 0) is 19.2 Å². The Bertz CT molecular complexity index is 1190. The van der Waals surface area contributed by atoms with E-state index in [2.05, 4.69) is 0 Å². The molecule has 3 aliphatic carbocycles. The molecule has 11 heteroatoms. The number of aromatic hydroxyl groups is 1. The van der Waals surface area contributed by atoms with E-state index in [-0.39, 0.29) is 5.56 Å². The summed E-state index contributed by atoms with van der Waals surface area (Å²) in [7, 11) is 2.89. The summed E-state index contributed by atoms with van der Waals surface area (Å²) in [4.78, 5) is 67.5. The van der Waals surface area contributed by atoms with Gasteiger partial charge in [0.25, 0.3) is 0 Å². The zero-order valence-corrected chi connectivity index (χ0v) is 21.1. The molecule has 0 spiro atoms. The van der Waals surface area contributed by atoms with Gasteiger partial charge in [0.1, 0.15) is 11.5 Å². The molecule has 200 valence electrons. The third-order valence-electron chi connectivity index (χ3n) is 8.18. The normalized spacial score (nSPS) is 35.2. The van der Waals surface area contributed by atoms with Gasteiger partial charge in [0.15, 0.2) is 34.7 Å². The molecule has 8 atom stereocenters. The molecule has 37 heavy (non-hydrogen) atoms. The van der Waals surface area contributed by atoms with E-state index in [0.29, 0.717) is 17.9 Å². The first-order valence-corrected chi connectivity index (χ1v) is 12.3. The molecule has 1 amide bonds. The number of carbonyl (C=O) groups excluding carboxylic acids is 5. The maximum Gasteiger partial charge on any atom is 0.235 e. The van der Waals surface area contributed by atoms with Crippen molar-refractivity contribution in [1.29, 1.82) is 0 Å². The minimum atomic E-state index is -3.01. The van der Waals surface area contributed by atoms with Crippen LogP contribution in [0.4, 0.5) is 0 Å². The topological polar surface area (TPSA) is 185 Å². The highest BCUT2D eigenvalue weighted by atomic mass is 16.5. The molecule has 4 rings (SSSR count). The number of carbonyl (C=O) groups is 5. The van der Waals surface area contributed by atoms with E-state index in [1.165, 1.54) is 31.1 Å². The maximum absolute atomic E-state index is 13.9. The highest BCUT2D eigenvalue weighted by Crippen LogP contribution is 2.55. The van der Waals surface area contributed by atoms with Crippen molar-refractivity contribution in [3.63, 3.8) is 0 Å². The minimum Gasteiger partial charge on any atom is -0.507 e. The van der Waals surface area contributed by atoms with Crippen LogP contribution < -0.4 is 10.5 Å². The third kappa shape index (κ3) is 3.63. The van der Waals surface area contributed by atoms with Crippen LogP contribution in [-0.4, -0.2) is 87.7 Å². The molecule has 0 saturated heterocycles. The molecule has 0 aliphatic heterocycles. The van der Waals surface area contributed by atoms with E-state index in [1.54, 1.807) is 6.92 Å². The average Bonchev–Trinajstić information content (AvgIpc) is 2.82. The van der Waals surface area contributed by atoms with Crippen molar-refractivity contribution in [2.45, 2.75) is 50.4 Å². The minimum absolute atomic E-state index is 0.180. The first-order valence-electron chi connectivity index (χ1n) is 12.3. The quantitative estimate of drug-likeness (QED) is 0.286. The molecule has 11 nitrogen and oxygen atoms in total. The van der Waals surface area contributed by atoms with Crippen molar-refractivity contribution in [1.82, 2.24) is 4.90 Å². The second-order valence-electron chi connectivity index (χ2n) is 10.4. The summed E-state index contributed by atoms with van der Waals surface area (Å²) >= 11 is 0. The number of nitrogens with zero attached hydrogens (tertiary/aromatic N) is 1. The number of hydrogen-bond acceptors (Lipinski definition) is 10. The lowest BCUT2D eigenvalue weighted by Gasteiger charge is -2.56. The number of aliphatic hydroxyl groups is 2. The van der Waals surface area contributed by atoms with Crippen molar-refractivity contribution < 1.29 is 44.0 Å². The summed E-state index contributed by atoms with van der Waals surface area (Å²) in [6.07, 6.45) is -0.0942. The highest BCUT2D eigenvalue weighted by molar-refractivity contribution is 6.32. The van der Waals surface area contributed by atoms with Crippen molar-refractivity contribution >= 4 is 29.0 Å². The third-order valence-corrected chi connectivity index (χ3v) is 8.18. The number of unbranched alkanes of at least 4 members (excludes halogenated alkanes) is 1. The Morgan fingerprint density at radius 1 is 1.16 bits per heavy atom. The number of hydrogen-bond donors (Lipinski definition) is 4. The molecule has 5 N–H and O–H groups in total. The van der Waals surface area contributed by atoms with Crippen LogP contribution in [0.15, 0.2) is 12.1 Å². The molecule has 0 aromatic heterocycles. The number of ether oxygens (including phenoxy) is 1. The monoisotopic (exact) mass is 516 g/mol. The zero-order chi connectivity index (χ0) is 27.6. The Labute approximate surface area is 213 Å². The second kappa shape index (κ2) is 9.30. The van der Waals surface area contributed by atoms with Crippen LogP contribution in [0.3, 0.4) is 0 Å². The molecule has 0 heterocycles. The number of primary amides is 1. The summed E-state index contributed by atoms with van der Waals surface area (Å²) in [5.74, 6) is -13.2. The van der Waals surface area contributed by atoms with Gasteiger partial charge < -0.3 is 25.8 Å². The molecular formula is C26H32N2O9. The maximum atomic E-state index is 13.9. The fraction of sp³-hybridized carbons (Fsp3) is 0.577. The number of rotatable bonds is 6. The molecule has 2 saturated carbocycles. The number of amides is 1. The molecule has 0 bridgehead atoms. The smallest absolute Gasteiger partial charge is 0.235 e. The van der Waals surface area contributed by atoms with Gasteiger partial charge in [-0.2, -0.15) is 0 Å². The van der Waals surface area contributed by atoms with E-state index in [4.69, 9.17) is 10.5 Å². The zero-order valence-electron chi connectivity index (χ0n) is 21.1. The van der Waals surface area contributed by atoms with E-state index in [0.717, 1.165) is 12.8 Å². The number of likely N-dealkylation sites (N-methyl/N-ethyl adjacent to an activating group) is 1. The number of phenols is 1. The number of fused-ring (bicyclic) bond motifs is 3. The van der Waals surface area contributed by atoms with Gasteiger partial charge in [0.2, 0.25) is 5.91 Å². The van der Waals surface area contributed by atoms with Crippen molar-refractivity contribution in [2.24, 2.45) is 29.4 Å². The molecule has 3 aliphatic rings. The Morgan fingerprint density at radius 3 is 2.38 bits per heavy atom. The highest BCUT2D eigenvalue weighted by Gasteiger charge is 2.73. The van der Waals surface area contributed by atoms with Gasteiger partial charge >= 0.3 is 0 Å². The lowest BCUT2D eigenvalue weighted by Crippen LogP contribution is -2.77. The molecular weight excluding hydrogens is 484 g/mol. The van der Waals surface area contributed by atoms with Gasteiger partial charge in [-0.05, 0) is 38.6 Å². The Hall–Kier alpha value is -3.15. The van der Waals surface area contributed by atoms with E-state index < -0.39 is 82.1 Å². The Kier molecular flexibility index (Phi) is 6.76. The van der Waals surface area contributed by atoms with Crippen LogP contribution in [0.1, 0.15) is 48.5 Å². The van der Waals surface area contributed by atoms with Crippen LogP contribution >= 0.6 is 0 Å². The summed E-state index contributed by atoms with van der Waals surface area (Å²) in [6, 6.07) is 1.37. The Balaban J connectivity index is 1.92. The fourth-order valence-corrected chi connectivity index (χ4v) is 6.48. The first-order chi connectivity index (χ1) is 17.3. The standard InChI is InChI=1S/C26H32N2O9/c1-5-6-9-37-12-8-7-11(29)15-13(12)10(2)14-16(20(15)30)23(33)26(36)18(21(14)31)19(28(3)4)22(32)17(24(26)34)25(27)35/h7-8,10,14,16-19,21,29,31,36H,5-6,9H2,1-4H3,(H2,27,35)/t10-,14+,16?,17?,18+,19-,21-,26-/m0/s1. The largest absolute Gasteiger partial charge is 0.507 e. The summed E-state index contributed by atoms with van der Waals surface area (Å²) in [6.45, 7) is 3.97. The van der Waals surface area contributed by atoms with E-state index in [1.807, 2.05) is 6.92 Å². The summed E-state index contributed by atoms with van der Waals surface area (Å²) in [5.41, 5.74) is 2.42. The van der Waals surface area contributed by atoms with Gasteiger partial charge in [0, 0.05) is 11.5 Å². The SMILES string of the molecule is CCCCOc1ccc(O)c2c1[C@H](C)[C@@H]1C(C2=O)C(=O)[C@]2(O)C(=O)C(C(N)=O)C(=O)[C@@H](N(C)C)[C@@H]2[C@H]1O. The Morgan fingerprint density at radius 2 is 1.81 bits per heavy atom. The number of benzene rings is 1. The first kappa shape index (κ1) is 26.9. The van der Waals surface area contributed by atoms with Crippen LogP contribution in [0.5, 0.6) is 11.5 Å². The van der Waals surface area contributed by atoms with Crippen LogP contribution in [0.2, 0.25) is 0 Å². The van der Waals surface area contributed by atoms with Gasteiger partial charge in [0.05, 0.1) is 36.2 Å². The average molecular weight is 517 g/mol. The molecule has 2 unspecified atom stereocenters. The van der Waals surface area contributed by atoms with Gasteiger partial charge in [-0.1, -0.05) is 20.3 Å². The number of nitrogens with two attached hydrogens (primary N) is 1. The summed E-state index contributed by atoms with van der Waals surface area (Å²) < 4.78 is 5.87. The van der Waals surface area contributed by atoms with Gasteiger partial charge in [-0.15, -0.1) is 0 Å². The predicted molar refractivity (Wildman–Crippen MR) is 128 cm³/mol. The lowest BCUT2D eigenvalue weighted by molar-refractivity contribution is -0.196. The van der Waals surface area contributed by atoms with E-state index >= 15 is 0 Å². The lowest BCUT2D eigenvalue weighted by atomic mass is 9.49. The molecule has 2 fully saturated rings. The van der Waals surface area contributed by atoms with Crippen molar-refractivity contribution in [3.05, 3.63) is 23.3 Å². The van der Waals surface area contributed by atoms with Crippen LogP contribution in [0.25, 0.3) is 0 Å². The fourth-order valence-electron chi connectivity index (χ4n) is 6.48. The molecule has 1 aromatic carbocycles. The van der Waals surface area contributed by atoms with E-state index in [9.17, 15) is 39.3 Å². The van der Waals surface area contributed by atoms with Crippen molar-refractivity contribution in [2.75, 3.05) is 20.7 Å². The molecule has 0 radical (unpaired) electrons. The van der Waals surface area contributed by atoms with Crippen LogP contribution in [0, 0.1) is 23.7 Å². The van der Waals surface area contributed by atoms with Gasteiger partial charge in [-0.25, -0.2) is 0 Å². The number of phenolic OH excluding ortho intramolecular Hbond substituents is 1. The van der Waals surface area contributed by atoms with Gasteiger partial charge in [-0.3, -0.25) is 28.9 Å². The summed E-state index contributed by atoms with van der Waals surface area (Å²) in [5, 5.41) is 33.9. The second-order valence-corrected chi connectivity index (χ2v) is 10.4. The number of ketones is 4. The number of aliphatic hydroxyl groups excluding tert-OH is 1. The predicted octanol–water partition coefficient (Wildman–Crippen LogP) is -0.422. The van der Waals surface area contributed by atoms with Crippen molar-refractivity contribution in [3.8, 4) is 11.5 Å². The number of Topliss-reactive ketones (excluding diaryl/α,β-unsaturated/α-hetero) is 4.